The van der Waals surface area contributed by atoms with Crippen molar-refractivity contribution in [1.82, 2.24) is 20.2 Å². The molecule has 1 aliphatic carbocycles. The Bertz CT molecular complexity index is 961. The molecule has 3 aromatic rings. The average molecular weight is 382 g/mol. The molecule has 1 amide bonds. The summed E-state index contributed by atoms with van der Waals surface area (Å²) in [5.74, 6) is 7.81. The van der Waals surface area contributed by atoms with E-state index in [9.17, 15) is 4.79 Å². The van der Waals surface area contributed by atoms with Crippen molar-refractivity contribution in [1.29, 1.82) is 0 Å². The van der Waals surface area contributed by atoms with Crippen molar-refractivity contribution in [2.75, 3.05) is 11.6 Å². The average Bonchev–Trinajstić information content (AvgIpc) is 3.47. The molecule has 140 valence electrons. The van der Waals surface area contributed by atoms with Gasteiger partial charge in [-0.25, -0.2) is 4.68 Å². The highest BCUT2D eigenvalue weighted by Crippen LogP contribution is 2.32. The number of hydrogen-bond acceptors (Lipinski definition) is 5. The lowest BCUT2D eigenvalue weighted by Crippen LogP contribution is -2.35. The predicted molar refractivity (Wildman–Crippen MR) is 108 cm³/mol. The Labute approximate surface area is 162 Å². The lowest BCUT2D eigenvalue weighted by Gasteiger charge is -2.12. The Hall–Kier alpha value is -2.54. The zero-order valence-corrected chi connectivity index (χ0v) is 16.1. The summed E-state index contributed by atoms with van der Waals surface area (Å²) in [5, 5.41) is 14.4. The van der Waals surface area contributed by atoms with Gasteiger partial charge in [-0.15, -0.1) is 10.2 Å². The number of hydrogen-bond donors (Lipinski definition) is 2. The summed E-state index contributed by atoms with van der Waals surface area (Å²) in [5.41, 5.74) is 1.15. The molecule has 1 atom stereocenters. The lowest BCUT2D eigenvalue weighted by molar-refractivity contribution is -0.119. The number of fused-ring (bicyclic) bond motifs is 1. The minimum absolute atomic E-state index is 0.0120. The molecule has 4 rings (SSSR count). The molecule has 27 heavy (non-hydrogen) atoms. The van der Waals surface area contributed by atoms with Crippen LogP contribution in [-0.4, -0.2) is 32.6 Å². The fourth-order valence-corrected chi connectivity index (χ4v) is 3.97. The summed E-state index contributed by atoms with van der Waals surface area (Å²) < 4.78 is 1.49. The largest absolute Gasteiger partial charge is 0.353 e. The molecule has 0 bridgehead atoms. The number of benzene rings is 2. The molecule has 2 aromatic carbocycles. The number of aromatic nitrogens is 3. The van der Waals surface area contributed by atoms with Crippen LogP contribution in [0.25, 0.3) is 10.8 Å². The molecule has 7 heteroatoms. The molecule has 3 N–H and O–H groups in total. The first kappa shape index (κ1) is 17.9. The Kier molecular flexibility index (Phi) is 5.03. The highest BCUT2D eigenvalue weighted by Gasteiger charge is 2.28. The third kappa shape index (κ3) is 4.08. The van der Waals surface area contributed by atoms with E-state index in [0.29, 0.717) is 29.1 Å². The second-order valence-electron chi connectivity index (χ2n) is 7.07. The number of carbonyl (C=O) groups is 1. The molecule has 0 spiro atoms. The van der Waals surface area contributed by atoms with Gasteiger partial charge < -0.3 is 11.2 Å². The SMILES string of the molecule is C[C@@H](NC(=O)CSc1nnc(Cc2cccc3ccccc23)n1N)C1CC1. The van der Waals surface area contributed by atoms with Crippen LogP contribution in [0.5, 0.6) is 0 Å². The Morgan fingerprint density at radius 3 is 2.85 bits per heavy atom. The fraction of sp³-hybridized carbons (Fsp3) is 0.350. The minimum atomic E-state index is 0.0120. The van der Waals surface area contributed by atoms with Crippen LogP contribution in [0.3, 0.4) is 0 Å². The maximum absolute atomic E-state index is 12.1. The smallest absolute Gasteiger partial charge is 0.230 e. The van der Waals surface area contributed by atoms with Gasteiger partial charge in [0.2, 0.25) is 11.1 Å². The first-order valence-corrected chi connectivity index (χ1v) is 10.2. The van der Waals surface area contributed by atoms with Crippen LogP contribution in [0.15, 0.2) is 47.6 Å². The van der Waals surface area contributed by atoms with E-state index in [1.165, 1.54) is 40.1 Å². The summed E-state index contributed by atoms with van der Waals surface area (Å²) in [6.45, 7) is 2.06. The van der Waals surface area contributed by atoms with E-state index in [0.717, 1.165) is 5.56 Å². The molecule has 1 aliphatic rings. The first-order chi connectivity index (χ1) is 13.1. The van der Waals surface area contributed by atoms with Crippen molar-refractivity contribution >= 4 is 28.4 Å². The maximum atomic E-state index is 12.1. The zero-order chi connectivity index (χ0) is 18.8. The number of nitrogen functional groups attached to an aromatic ring is 1. The van der Waals surface area contributed by atoms with E-state index in [1.54, 1.807) is 0 Å². The normalized spacial score (nSPS) is 15.0. The summed E-state index contributed by atoms with van der Waals surface area (Å²) in [6, 6.07) is 14.7. The Balaban J connectivity index is 1.42. The molecular formula is C20H23N5OS. The summed E-state index contributed by atoms with van der Waals surface area (Å²) in [4.78, 5) is 12.1. The van der Waals surface area contributed by atoms with Crippen LogP contribution in [0, 0.1) is 5.92 Å². The number of nitrogens with two attached hydrogens (primary N) is 1. The minimum Gasteiger partial charge on any atom is -0.353 e. The van der Waals surface area contributed by atoms with Crippen molar-refractivity contribution in [2.24, 2.45) is 5.92 Å². The van der Waals surface area contributed by atoms with Gasteiger partial charge in [0.05, 0.1) is 5.75 Å². The third-order valence-electron chi connectivity index (χ3n) is 5.01. The van der Waals surface area contributed by atoms with Gasteiger partial charge in [0.1, 0.15) is 0 Å². The van der Waals surface area contributed by atoms with Gasteiger partial charge in [-0.3, -0.25) is 4.79 Å². The quantitative estimate of drug-likeness (QED) is 0.485. The van der Waals surface area contributed by atoms with E-state index < -0.39 is 0 Å². The van der Waals surface area contributed by atoms with E-state index in [4.69, 9.17) is 5.84 Å². The second kappa shape index (κ2) is 7.60. The maximum Gasteiger partial charge on any atom is 0.230 e. The van der Waals surface area contributed by atoms with E-state index in [1.807, 2.05) is 18.2 Å². The summed E-state index contributed by atoms with van der Waals surface area (Å²) in [6.07, 6.45) is 3.02. The molecular weight excluding hydrogens is 358 g/mol. The van der Waals surface area contributed by atoms with Gasteiger partial charge in [-0.2, -0.15) is 0 Å². The first-order valence-electron chi connectivity index (χ1n) is 9.20. The van der Waals surface area contributed by atoms with Gasteiger partial charge >= 0.3 is 0 Å². The number of rotatable bonds is 7. The molecule has 1 saturated carbocycles. The van der Waals surface area contributed by atoms with Gasteiger partial charge in [0, 0.05) is 12.5 Å². The van der Waals surface area contributed by atoms with E-state index in [2.05, 4.69) is 46.7 Å². The standard InChI is InChI=1S/C20H23N5OS/c1-13(14-9-10-14)22-19(26)12-27-20-24-23-18(25(20)21)11-16-7-4-6-15-5-2-3-8-17(15)16/h2-8,13-14H,9-12,21H2,1H3,(H,22,26)/t13-/m1/s1. The van der Waals surface area contributed by atoms with Gasteiger partial charge in [0.25, 0.3) is 0 Å². The van der Waals surface area contributed by atoms with Crippen LogP contribution in [0.2, 0.25) is 0 Å². The Morgan fingerprint density at radius 2 is 2.04 bits per heavy atom. The molecule has 0 unspecified atom stereocenters. The van der Waals surface area contributed by atoms with Crippen LogP contribution in [0.1, 0.15) is 31.2 Å². The molecule has 1 fully saturated rings. The van der Waals surface area contributed by atoms with E-state index in [-0.39, 0.29) is 11.9 Å². The Morgan fingerprint density at radius 1 is 1.26 bits per heavy atom. The molecule has 0 aliphatic heterocycles. The number of nitrogens with one attached hydrogen (secondary N) is 1. The molecule has 0 saturated heterocycles. The van der Waals surface area contributed by atoms with Crippen molar-refractivity contribution in [3.8, 4) is 0 Å². The molecule has 1 heterocycles. The van der Waals surface area contributed by atoms with Crippen molar-refractivity contribution < 1.29 is 4.79 Å². The number of nitrogens with zero attached hydrogens (tertiary/aromatic N) is 3. The second-order valence-corrected chi connectivity index (χ2v) is 8.01. The van der Waals surface area contributed by atoms with Crippen LogP contribution in [-0.2, 0) is 11.2 Å². The number of amides is 1. The lowest BCUT2D eigenvalue weighted by atomic mass is 10.0. The van der Waals surface area contributed by atoms with Crippen molar-refractivity contribution in [2.45, 2.75) is 37.4 Å². The monoisotopic (exact) mass is 381 g/mol. The summed E-state index contributed by atoms with van der Waals surface area (Å²) >= 11 is 1.32. The number of carbonyl (C=O) groups excluding carboxylic acids is 1. The van der Waals surface area contributed by atoms with Crippen LogP contribution >= 0.6 is 11.8 Å². The molecule has 6 nitrogen and oxygen atoms in total. The van der Waals surface area contributed by atoms with Gasteiger partial charge in [-0.1, -0.05) is 54.2 Å². The third-order valence-corrected chi connectivity index (χ3v) is 5.96. The van der Waals surface area contributed by atoms with E-state index >= 15 is 0 Å². The number of thioether (sulfide) groups is 1. The highest BCUT2D eigenvalue weighted by molar-refractivity contribution is 7.99. The topological polar surface area (TPSA) is 85.8 Å². The van der Waals surface area contributed by atoms with Gasteiger partial charge in [0.15, 0.2) is 5.82 Å². The van der Waals surface area contributed by atoms with Crippen molar-refractivity contribution in [3.05, 3.63) is 53.9 Å². The predicted octanol–water partition coefficient (Wildman–Crippen LogP) is 2.74. The van der Waals surface area contributed by atoms with Gasteiger partial charge in [-0.05, 0) is 42.0 Å². The van der Waals surface area contributed by atoms with Crippen LogP contribution < -0.4 is 11.2 Å². The molecule has 0 radical (unpaired) electrons. The fourth-order valence-electron chi connectivity index (χ4n) is 3.28. The highest BCUT2D eigenvalue weighted by atomic mass is 32.2. The molecule has 1 aromatic heterocycles. The van der Waals surface area contributed by atoms with Crippen molar-refractivity contribution in [3.63, 3.8) is 0 Å². The zero-order valence-electron chi connectivity index (χ0n) is 15.3. The van der Waals surface area contributed by atoms with Crippen LogP contribution in [0.4, 0.5) is 0 Å². The summed E-state index contributed by atoms with van der Waals surface area (Å²) in [7, 11) is 0.